The number of nitro benzene ring substituents is 1. The molecule has 0 aliphatic carbocycles. The van der Waals surface area contributed by atoms with E-state index in [0.29, 0.717) is 22.0 Å². The number of carbonyl (C=O) groups excluding carboxylic acids is 1. The minimum absolute atomic E-state index is 0.0742. The molecule has 1 atom stereocenters. The number of rotatable bonds is 6. The first-order valence-corrected chi connectivity index (χ1v) is 10.2. The van der Waals surface area contributed by atoms with Crippen molar-refractivity contribution in [2.24, 2.45) is 0 Å². The molecule has 1 aromatic heterocycles. The Hall–Kier alpha value is -4.48. The maximum atomic E-state index is 12.7. The van der Waals surface area contributed by atoms with Crippen molar-refractivity contribution in [1.82, 2.24) is 9.78 Å². The fourth-order valence-corrected chi connectivity index (χ4v) is 3.63. The average molecular weight is 458 g/mol. The number of nitriles is 1. The number of hydrogen-bond donors (Lipinski definition) is 1. The Balaban J connectivity index is 1.52. The highest BCUT2D eigenvalue weighted by Gasteiger charge is 2.18. The molecular formula is C24H16ClN5O3. The van der Waals surface area contributed by atoms with Crippen LogP contribution in [0.15, 0.2) is 85.1 Å². The van der Waals surface area contributed by atoms with Gasteiger partial charge in [-0.2, -0.15) is 10.4 Å². The molecule has 1 N–H and O–H groups in total. The summed E-state index contributed by atoms with van der Waals surface area (Å²) in [7, 11) is 0. The highest BCUT2D eigenvalue weighted by molar-refractivity contribution is 6.31. The lowest BCUT2D eigenvalue weighted by Crippen LogP contribution is -2.13. The van der Waals surface area contributed by atoms with E-state index in [1.165, 1.54) is 22.9 Å². The Morgan fingerprint density at radius 1 is 1.09 bits per heavy atom. The summed E-state index contributed by atoms with van der Waals surface area (Å²) in [5, 5.41) is 27.9. The molecule has 1 heterocycles. The first kappa shape index (κ1) is 21.7. The van der Waals surface area contributed by atoms with Crippen LogP contribution in [0, 0.1) is 21.4 Å². The second-order valence-electron chi connectivity index (χ2n) is 7.09. The van der Waals surface area contributed by atoms with E-state index < -0.39 is 16.7 Å². The highest BCUT2D eigenvalue weighted by atomic mass is 35.5. The molecule has 0 aliphatic rings. The standard InChI is InChI=1S/C24H16ClN5O3/c25-22-13-17(9-10-20(22)21(15-26)16-5-2-1-3-6-16)27-24(31)23-11-12-29(28-23)18-7-4-8-19(14-18)30(32)33/h1-14,21H,(H,27,31). The molecule has 0 fully saturated rings. The van der Waals surface area contributed by atoms with Crippen LogP contribution in [0.4, 0.5) is 11.4 Å². The summed E-state index contributed by atoms with van der Waals surface area (Å²) in [6.07, 6.45) is 1.54. The summed E-state index contributed by atoms with van der Waals surface area (Å²) in [6, 6.07) is 24.0. The number of hydrogen-bond acceptors (Lipinski definition) is 5. The monoisotopic (exact) mass is 457 g/mol. The van der Waals surface area contributed by atoms with Gasteiger partial charge >= 0.3 is 0 Å². The van der Waals surface area contributed by atoms with Crippen molar-refractivity contribution in [3.63, 3.8) is 0 Å². The van der Waals surface area contributed by atoms with Crippen molar-refractivity contribution < 1.29 is 9.72 Å². The smallest absolute Gasteiger partial charge is 0.276 e. The number of non-ortho nitro benzene ring substituents is 1. The van der Waals surface area contributed by atoms with E-state index >= 15 is 0 Å². The molecule has 4 rings (SSSR count). The number of nitrogens with one attached hydrogen (secondary N) is 1. The Kier molecular flexibility index (Phi) is 6.15. The largest absolute Gasteiger partial charge is 0.321 e. The number of benzene rings is 3. The lowest BCUT2D eigenvalue weighted by Gasteiger charge is -2.13. The maximum absolute atomic E-state index is 12.7. The zero-order valence-corrected chi connectivity index (χ0v) is 17.8. The summed E-state index contributed by atoms with van der Waals surface area (Å²) in [5.74, 6) is -1.00. The van der Waals surface area contributed by atoms with E-state index in [4.69, 9.17) is 11.6 Å². The molecule has 0 aliphatic heterocycles. The van der Waals surface area contributed by atoms with E-state index in [9.17, 15) is 20.2 Å². The van der Waals surface area contributed by atoms with Gasteiger partial charge in [0, 0.05) is 29.0 Å². The number of aromatic nitrogens is 2. The predicted octanol–water partition coefficient (Wildman–Crippen LogP) is 5.34. The predicted molar refractivity (Wildman–Crippen MR) is 124 cm³/mol. The number of halogens is 1. The number of carbonyl (C=O) groups is 1. The fourth-order valence-electron chi connectivity index (χ4n) is 3.34. The number of nitrogens with zero attached hydrogens (tertiary/aromatic N) is 4. The van der Waals surface area contributed by atoms with Crippen molar-refractivity contribution in [1.29, 1.82) is 5.26 Å². The van der Waals surface area contributed by atoms with Gasteiger partial charge in [0.25, 0.3) is 11.6 Å². The summed E-state index contributed by atoms with van der Waals surface area (Å²) < 4.78 is 1.38. The van der Waals surface area contributed by atoms with Crippen LogP contribution in [0.5, 0.6) is 0 Å². The van der Waals surface area contributed by atoms with Crippen LogP contribution >= 0.6 is 11.6 Å². The summed E-state index contributed by atoms with van der Waals surface area (Å²) in [5.41, 5.74) is 2.42. The maximum Gasteiger partial charge on any atom is 0.276 e. The molecule has 162 valence electrons. The summed E-state index contributed by atoms with van der Waals surface area (Å²) in [4.78, 5) is 23.1. The summed E-state index contributed by atoms with van der Waals surface area (Å²) >= 11 is 6.43. The van der Waals surface area contributed by atoms with Gasteiger partial charge in [-0.05, 0) is 35.4 Å². The third-order valence-corrected chi connectivity index (χ3v) is 5.29. The summed E-state index contributed by atoms with van der Waals surface area (Å²) in [6.45, 7) is 0. The molecule has 0 radical (unpaired) electrons. The zero-order valence-electron chi connectivity index (χ0n) is 17.1. The lowest BCUT2D eigenvalue weighted by molar-refractivity contribution is -0.384. The van der Waals surface area contributed by atoms with Crippen LogP contribution in [0.1, 0.15) is 27.5 Å². The Labute approximate surface area is 193 Å². The van der Waals surface area contributed by atoms with E-state index in [0.717, 1.165) is 5.56 Å². The van der Waals surface area contributed by atoms with Crippen LogP contribution in [0.2, 0.25) is 5.02 Å². The molecule has 1 amide bonds. The molecule has 4 aromatic rings. The van der Waals surface area contributed by atoms with E-state index in [1.807, 2.05) is 30.3 Å². The fraction of sp³-hybridized carbons (Fsp3) is 0.0417. The van der Waals surface area contributed by atoms with E-state index in [1.54, 1.807) is 36.5 Å². The molecule has 9 heteroatoms. The van der Waals surface area contributed by atoms with Crippen LogP contribution < -0.4 is 5.32 Å². The third kappa shape index (κ3) is 4.74. The number of amides is 1. The van der Waals surface area contributed by atoms with Crippen LogP contribution in [-0.2, 0) is 0 Å². The van der Waals surface area contributed by atoms with Gasteiger partial charge in [-0.3, -0.25) is 14.9 Å². The highest BCUT2D eigenvalue weighted by Crippen LogP contribution is 2.32. The third-order valence-electron chi connectivity index (χ3n) is 4.96. The molecule has 0 saturated carbocycles. The number of anilines is 1. The normalized spacial score (nSPS) is 11.4. The quantitative estimate of drug-likeness (QED) is 0.310. The van der Waals surface area contributed by atoms with E-state index in [2.05, 4.69) is 16.5 Å². The molecule has 8 nitrogen and oxygen atoms in total. The molecule has 0 spiro atoms. The average Bonchev–Trinajstić information content (AvgIpc) is 3.32. The lowest BCUT2D eigenvalue weighted by atomic mass is 9.92. The Morgan fingerprint density at radius 3 is 2.58 bits per heavy atom. The van der Waals surface area contributed by atoms with Gasteiger partial charge in [-0.15, -0.1) is 0 Å². The van der Waals surface area contributed by atoms with Gasteiger partial charge in [-0.25, -0.2) is 4.68 Å². The second-order valence-corrected chi connectivity index (χ2v) is 7.49. The van der Waals surface area contributed by atoms with Gasteiger partial charge in [0.1, 0.15) is 0 Å². The van der Waals surface area contributed by atoms with Crippen molar-refractivity contribution >= 4 is 28.9 Å². The van der Waals surface area contributed by atoms with Crippen molar-refractivity contribution in [2.45, 2.75) is 5.92 Å². The van der Waals surface area contributed by atoms with Crippen LogP contribution in [0.25, 0.3) is 5.69 Å². The molecule has 0 bridgehead atoms. The topological polar surface area (TPSA) is 114 Å². The van der Waals surface area contributed by atoms with Gasteiger partial charge < -0.3 is 5.32 Å². The Bertz CT molecular complexity index is 1380. The second kappa shape index (κ2) is 9.34. The molecule has 3 aromatic carbocycles. The number of nitro groups is 1. The SMILES string of the molecule is N#CC(c1ccccc1)c1ccc(NC(=O)c2ccn(-c3cccc([N+](=O)[O-])c3)n2)cc1Cl. The molecule has 33 heavy (non-hydrogen) atoms. The van der Waals surface area contributed by atoms with Crippen molar-refractivity contribution in [3.8, 4) is 11.8 Å². The van der Waals surface area contributed by atoms with Crippen molar-refractivity contribution in [3.05, 3.63) is 117 Å². The van der Waals surface area contributed by atoms with Gasteiger partial charge in [0.05, 0.1) is 22.6 Å². The molecule has 1 unspecified atom stereocenters. The Morgan fingerprint density at radius 2 is 1.88 bits per heavy atom. The minimum Gasteiger partial charge on any atom is -0.321 e. The first-order valence-electron chi connectivity index (χ1n) is 9.82. The first-order chi connectivity index (χ1) is 16.0. The van der Waals surface area contributed by atoms with Gasteiger partial charge in [-0.1, -0.05) is 54.1 Å². The van der Waals surface area contributed by atoms with Gasteiger partial charge in [0.2, 0.25) is 0 Å². The van der Waals surface area contributed by atoms with Gasteiger partial charge in [0.15, 0.2) is 5.69 Å². The zero-order chi connectivity index (χ0) is 23.4. The molecule has 0 saturated heterocycles. The van der Waals surface area contributed by atoms with Crippen LogP contribution in [0.3, 0.4) is 0 Å². The minimum atomic E-state index is -0.533. The van der Waals surface area contributed by atoms with Crippen LogP contribution in [-0.4, -0.2) is 20.6 Å². The molecular weight excluding hydrogens is 442 g/mol. The van der Waals surface area contributed by atoms with Crippen molar-refractivity contribution in [2.75, 3.05) is 5.32 Å². The van der Waals surface area contributed by atoms with E-state index in [-0.39, 0.29) is 11.4 Å².